The van der Waals surface area contributed by atoms with Crippen molar-refractivity contribution in [3.8, 4) is 82.7 Å². The molecule has 0 unspecified atom stereocenters. The molecule has 10 nitrogen and oxygen atoms in total. The van der Waals surface area contributed by atoms with Gasteiger partial charge in [-0.25, -0.2) is 0 Å². The summed E-state index contributed by atoms with van der Waals surface area (Å²) in [7, 11) is 0. The number of thioether (sulfide) groups is 4. The zero-order valence-corrected chi connectivity index (χ0v) is 36.5. The molecule has 0 bridgehead atoms. The highest BCUT2D eigenvalue weighted by Gasteiger charge is 2.29. The SMILES string of the molecule is N#CC(C#N)=CC1=C(c2ccccc2Oc2ccc3c(c2)S/C(=C2/Sc4ccc(Oc5ccccc5-c5cc(=C(C#N)C#N)ccc5=C(C#N)C#N)cc4S2)S3)C(=C(C#N)C#N)C=CC1. The molecule has 3 aliphatic rings. The zero-order chi connectivity index (χ0) is 45.5. The lowest BCUT2D eigenvalue weighted by Gasteiger charge is -2.21. The summed E-state index contributed by atoms with van der Waals surface area (Å²) in [6, 6.07) is 46.3. The molecule has 0 spiro atoms. The van der Waals surface area contributed by atoms with E-state index in [-0.39, 0.29) is 22.3 Å². The van der Waals surface area contributed by atoms with Gasteiger partial charge >= 0.3 is 0 Å². The minimum absolute atomic E-state index is 0.105. The van der Waals surface area contributed by atoms with Crippen molar-refractivity contribution in [1.82, 2.24) is 0 Å². The first-order valence-corrected chi connectivity index (χ1v) is 22.3. The second-order valence-corrected chi connectivity index (χ2v) is 18.4. The van der Waals surface area contributed by atoms with E-state index in [2.05, 4.69) is 0 Å². The molecule has 5 aromatic rings. The number of para-hydroxylation sites is 2. The maximum absolute atomic E-state index is 9.84. The molecule has 0 amide bonds. The quantitative estimate of drug-likeness (QED) is 0.139. The van der Waals surface area contributed by atoms with Crippen molar-refractivity contribution < 1.29 is 9.47 Å². The molecular formula is C51H22N8O2S4. The summed E-state index contributed by atoms with van der Waals surface area (Å²) in [4.78, 5) is 4.13. The van der Waals surface area contributed by atoms with Gasteiger partial charge < -0.3 is 9.47 Å². The van der Waals surface area contributed by atoms with Crippen molar-refractivity contribution in [3.63, 3.8) is 0 Å². The molecule has 0 atom stereocenters. The number of allylic oxidation sites excluding steroid dienone is 8. The standard InChI is InChI=1S/C51H22N8O2S4/c52-22-30(23-53)18-32-6-5-9-39(35(28-58)29-59)49(32)41-8-2-4-11-44(41)61-37-14-17-46-48(21-37)65-51(63-46)50-62-45-16-13-36(20-47(45)64-50)60-43-10-3-1-7-40(43)42-19-31(33(24-54)25-55)12-15-38(42)34(26-56)27-57/h1-5,7-21H,6H2/b51-50-. The van der Waals surface area contributed by atoms with Crippen LogP contribution in [-0.4, -0.2) is 0 Å². The number of fused-ring (bicyclic) bond motifs is 2. The van der Waals surface area contributed by atoms with Gasteiger partial charge in [-0.15, -0.1) is 0 Å². The van der Waals surface area contributed by atoms with Gasteiger partial charge in [0.25, 0.3) is 0 Å². The average molecular weight is 907 g/mol. The molecule has 302 valence electrons. The molecule has 0 N–H and O–H groups in total. The molecule has 2 aliphatic heterocycles. The van der Waals surface area contributed by atoms with Crippen molar-refractivity contribution in [2.24, 2.45) is 0 Å². The highest BCUT2D eigenvalue weighted by Crippen LogP contribution is 2.62. The summed E-state index contributed by atoms with van der Waals surface area (Å²) in [6.07, 6.45) is 5.35. The number of hydrogen-bond donors (Lipinski definition) is 0. The summed E-state index contributed by atoms with van der Waals surface area (Å²) in [5.74, 6) is 2.05. The maximum atomic E-state index is 9.84. The van der Waals surface area contributed by atoms with Gasteiger partial charge in [0.1, 0.15) is 93.8 Å². The Kier molecular flexibility index (Phi) is 12.8. The van der Waals surface area contributed by atoms with Crippen LogP contribution >= 0.6 is 47.0 Å². The van der Waals surface area contributed by atoms with E-state index in [0.29, 0.717) is 73.3 Å². The van der Waals surface area contributed by atoms with Crippen LogP contribution in [0.2, 0.25) is 0 Å². The third kappa shape index (κ3) is 8.77. The largest absolute Gasteiger partial charge is 0.457 e. The van der Waals surface area contributed by atoms with Crippen molar-refractivity contribution >= 4 is 63.8 Å². The van der Waals surface area contributed by atoms with Crippen LogP contribution in [-0.2, 0) is 0 Å². The Morgan fingerprint density at radius 3 is 1.57 bits per heavy atom. The monoisotopic (exact) mass is 906 g/mol. The Bertz CT molecular complexity index is 3520. The fourth-order valence-corrected chi connectivity index (χ4v) is 12.3. The molecule has 65 heavy (non-hydrogen) atoms. The average Bonchev–Trinajstić information content (AvgIpc) is 3.97. The minimum Gasteiger partial charge on any atom is -0.457 e. The van der Waals surface area contributed by atoms with E-state index in [4.69, 9.17) is 9.47 Å². The Hall–Kier alpha value is -8.54. The predicted molar refractivity (Wildman–Crippen MR) is 249 cm³/mol. The highest BCUT2D eigenvalue weighted by atomic mass is 32.2. The van der Waals surface area contributed by atoms with Crippen molar-refractivity contribution in [3.05, 3.63) is 168 Å². The van der Waals surface area contributed by atoms with Crippen LogP contribution in [0.4, 0.5) is 0 Å². The summed E-state index contributed by atoms with van der Waals surface area (Å²) in [5.41, 5.74) is 2.70. The minimum atomic E-state index is -0.121. The number of hydrogen-bond acceptors (Lipinski definition) is 14. The molecule has 0 saturated carbocycles. The van der Waals surface area contributed by atoms with E-state index in [1.165, 1.54) is 6.08 Å². The van der Waals surface area contributed by atoms with Crippen molar-refractivity contribution in [2.75, 3.05) is 0 Å². The van der Waals surface area contributed by atoms with Crippen LogP contribution in [0, 0.1) is 90.6 Å². The van der Waals surface area contributed by atoms with E-state index < -0.39 is 0 Å². The normalized spacial score (nSPS) is 14.0. The van der Waals surface area contributed by atoms with Gasteiger partial charge in [-0.1, -0.05) is 108 Å². The topological polar surface area (TPSA) is 209 Å². The molecule has 0 saturated heterocycles. The van der Waals surface area contributed by atoms with Crippen molar-refractivity contribution in [2.45, 2.75) is 26.0 Å². The first-order valence-electron chi connectivity index (χ1n) is 19.1. The van der Waals surface area contributed by atoms with E-state index in [0.717, 1.165) is 28.1 Å². The van der Waals surface area contributed by atoms with Crippen LogP contribution in [0.1, 0.15) is 12.0 Å². The summed E-state index contributed by atoms with van der Waals surface area (Å²) in [6.45, 7) is 0. The highest BCUT2D eigenvalue weighted by molar-refractivity contribution is 8.30. The van der Waals surface area contributed by atoms with Gasteiger partial charge in [0, 0.05) is 46.7 Å². The zero-order valence-electron chi connectivity index (χ0n) is 33.3. The summed E-state index contributed by atoms with van der Waals surface area (Å²) < 4.78 is 15.2. The van der Waals surface area contributed by atoms with Gasteiger partial charge in [0.15, 0.2) is 0 Å². The molecule has 5 aromatic carbocycles. The van der Waals surface area contributed by atoms with Crippen LogP contribution in [0.15, 0.2) is 172 Å². The molecule has 0 radical (unpaired) electrons. The van der Waals surface area contributed by atoms with Gasteiger partial charge in [-0.3, -0.25) is 0 Å². The van der Waals surface area contributed by atoms with E-state index >= 15 is 0 Å². The fourth-order valence-electron chi connectivity index (χ4n) is 7.00. The van der Waals surface area contributed by atoms with Crippen LogP contribution in [0.25, 0.3) is 27.8 Å². The fraction of sp³-hybridized carbons (Fsp3) is 0.0196. The van der Waals surface area contributed by atoms with Gasteiger partial charge in [0.2, 0.25) is 0 Å². The molecule has 14 heteroatoms. The van der Waals surface area contributed by atoms with Crippen molar-refractivity contribution in [1.29, 1.82) is 42.1 Å². The lowest BCUT2D eigenvalue weighted by atomic mass is 9.84. The number of ether oxygens (including phenoxy) is 2. The van der Waals surface area contributed by atoms with E-state index in [1.54, 1.807) is 102 Å². The second kappa shape index (κ2) is 19.2. The Balaban J connectivity index is 1.06. The first-order chi connectivity index (χ1) is 31.8. The lowest BCUT2D eigenvalue weighted by Crippen LogP contribution is -2.16. The smallest absolute Gasteiger partial charge is 0.137 e. The van der Waals surface area contributed by atoms with Gasteiger partial charge in [-0.05, 0) is 83.8 Å². The maximum Gasteiger partial charge on any atom is 0.137 e. The molecule has 0 fully saturated rings. The van der Waals surface area contributed by atoms with Gasteiger partial charge in [0.05, 0.1) is 8.47 Å². The summed E-state index contributed by atoms with van der Waals surface area (Å²) in [5, 5.41) is 78.1. The second-order valence-electron chi connectivity index (χ2n) is 13.7. The van der Waals surface area contributed by atoms with E-state index in [1.807, 2.05) is 109 Å². The number of nitrogens with zero attached hydrogens (tertiary/aromatic N) is 8. The molecular weight excluding hydrogens is 885 g/mol. The Morgan fingerprint density at radius 2 is 1.02 bits per heavy atom. The third-order valence-corrected chi connectivity index (χ3v) is 15.5. The molecule has 1 aliphatic carbocycles. The number of benzene rings is 5. The Morgan fingerprint density at radius 1 is 0.492 bits per heavy atom. The Labute approximate surface area is 389 Å². The van der Waals surface area contributed by atoms with Crippen LogP contribution in [0.5, 0.6) is 23.0 Å². The number of nitriles is 8. The van der Waals surface area contributed by atoms with Gasteiger partial charge in [-0.2, -0.15) is 42.1 Å². The number of rotatable bonds is 7. The summed E-state index contributed by atoms with van der Waals surface area (Å²) >= 11 is 6.60. The van der Waals surface area contributed by atoms with Crippen LogP contribution < -0.4 is 19.9 Å². The molecule has 0 aromatic heterocycles. The van der Waals surface area contributed by atoms with E-state index in [9.17, 15) is 42.1 Å². The predicted octanol–water partition coefficient (Wildman–Crippen LogP) is 11.6. The lowest BCUT2D eigenvalue weighted by molar-refractivity contribution is 0.479. The first kappa shape index (κ1) is 43.1. The molecule has 2 heterocycles. The van der Waals surface area contributed by atoms with Crippen LogP contribution in [0.3, 0.4) is 0 Å². The third-order valence-electron chi connectivity index (χ3n) is 9.89. The molecule has 8 rings (SSSR count).